The first-order chi connectivity index (χ1) is 4.35. The van der Waals surface area contributed by atoms with Crippen LogP contribution in [-0.4, -0.2) is 24.5 Å². The molecule has 0 fully saturated rings. The minimum atomic E-state index is 1.00. The van der Waals surface area contributed by atoms with Crippen LogP contribution in [0.25, 0.3) is 0 Å². The van der Waals surface area contributed by atoms with E-state index in [1.807, 2.05) is 0 Å². The summed E-state index contributed by atoms with van der Waals surface area (Å²) < 4.78 is 0. The molecule has 0 saturated heterocycles. The molecule has 53 valence electrons. The SMILES string of the molecule is [CH]=CCCN(CC)CC. The molecule has 0 aromatic heterocycles. The molecule has 9 heavy (non-hydrogen) atoms. The van der Waals surface area contributed by atoms with Gasteiger partial charge in [-0.25, -0.2) is 0 Å². The molecule has 0 saturated carbocycles. The van der Waals surface area contributed by atoms with Crippen LogP contribution in [0, 0.1) is 6.58 Å². The van der Waals surface area contributed by atoms with E-state index in [1.165, 1.54) is 0 Å². The number of nitrogens with zero attached hydrogens (tertiary/aromatic N) is 1. The Balaban J connectivity index is 3.19. The highest BCUT2D eigenvalue weighted by molar-refractivity contribution is 4.65. The van der Waals surface area contributed by atoms with Gasteiger partial charge in [0, 0.05) is 6.54 Å². The summed E-state index contributed by atoms with van der Waals surface area (Å²) in [6.07, 6.45) is 2.72. The minimum Gasteiger partial charge on any atom is -0.304 e. The first kappa shape index (κ1) is 8.70. The van der Waals surface area contributed by atoms with Crippen LogP contribution in [0.3, 0.4) is 0 Å². The second-order valence-corrected chi connectivity index (χ2v) is 2.05. The molecular weight excluding hydrogens is 110 g/mol. The normalized spacial score (nSPS) is 10.1. The summed E-state index contributed by atoms with van der Waals surface area (Å²) in [7, 11) is 0. The molecule has 1 radical (unpaired) electrons. The molecule has 0 atom stereocenters. The molecule has 0 aromatic rings. The maximum Gasteiger partial charge on any atom is 0.00158 e. The van der Waals surface area contributed by atoms with Crippen molar-refractivity contribution < 1.29 is 0 Å². The predicted molar refractivity (Wildman–Crippen MR) is 41.3 cm³/mol. The van der Waals surface area contributed by atoms with E-state index in [4.69, 9.17) is 6.58 Å². The highest BCUT2D eigenvalue weighted by Gasteiger charge is 1.93. The lowest BCUT2D eigenvalue weighted by Crippen LogP contribution is -2.23. The maximum atomic E-state index is 5.23. The van der Waals surface area contributed by atoms with Crippen molar-refractivity contribution in [3.05, 3.63) is 12.7 Å². The van der Waals surface area contributed by atoms with Crippen LogP contribution in [0.2, 0.25) is 0 Å². The van der Waals surface area contributed by atoms with Gasteiger partial charge < -0.3 is 4.90 Å². The van der Waals surface area contributed by atoms with Gasteiger partial charge in [-0.1, -0.05) is 26.5 Å². The summed E-state index contributed by atoms with van der Waals surface area (Å²) in [6.45, 7) is 12.9. The number of hydrogen-bond donors (Lipinski definition) is 0. The van der Waals surface area contributed by atoms with Crippen LogP contribution >= 0.6 is 0 Å². The van der Waals surface area contributed by atoms with Crippen molar-refractivity contribution in [1.29, 1.82) is 0 Å². The van der Waals surface area contributed by atoms with Crippen molar-refractivity contribution in [3.63, 3.8) is 0 Å². The van der Waals surface area contributed by atoms with Crippen LogP contribution in [0.5, 0.6) is 0 Å². The van der Waals surface area contributed by atoms with Gasteiger partial charge in [0.25, 0.3) is 0 Å². The van der Waals surface area contributed by atoms with Crippen molar-refractivity contribution >= 4 is 0 Å². The van der Waals surface area contributed by atoms with Gasteiger partial charge in [0.05, 0.1) is 0 Å². The van der Waals surface area contributed by atoms with Crippen molar-refractivity contribution in [2.45, 2.75) is 20.3 Å². The van der Waals surface area contributed by atoms with E-state index < -0.39 is 0 Å². The Bertz CT molecular complexity index is 65.0. The molecule has 0 rings (SSSR count). The number of rotatable bonds is 5. The Morgan fingerprint density at radius 1 is 1.33 bits per heavy atom. The van der Waals surface area contributed by atoms with E-state index in [-0.39, 0.29) is 0 Å². The molecule has 0 aliphatic heterocycles. The van der Waals surface area contributed by atoms with Gasteiger partial charge in [0.1, 0.15) is 0 Å². The minimum absolute atomic E-state index is 1.00. The van der Waals surface area contributed by atoms with Crippen LogP contribution in [0.15, 0.2) is 6.08 Å². The van der Waals surface area contributed by atoms with E-state index in [1.54, 1.807) is 6.08 Å². The first-order valence-electron chi connectivity index (χ1n) is 3.60. The molecule has 0 N–H and O–H groups in total. The van der Waals surface area contributed by atoms with E-state index in [2.05, 4.69) is 18.7 Å². The fourth-order valence-electron chi connectivity index (χ4n) is 0.797. The molecule has 0 aromatic carbocycles. The monoisotopic (exact) mass is 126 g/mol. The Morgan fingerprint density at radius 2 is 1.89 bits per heavy atom. The van der Waals surface area contributed by atoms with Gasteiger partial charge >= 0.3 is 0 Å². The zero-order valence-electron chi connectivity index (χ0n) is 6.43. The van der Waals surface area contributed by atoms with Crippen LogP contribution in [0.1, 0.15) is 20.3 Å². The van der Waals surface area contributed by atoms with Crippen molar-refractivity contribution in [3.8, 4) is 0 Å². The van der Waals surface area contributed by atoms with Crippen LogP contribution in [-0.2, 0) is 0 Å². The Labute approximate surface area is 58.4 Å². The Hall–Kier alpha value is -0.300. The van der Waals surface area contributed by atoms with Gasteiger partial charge in [-0.15, -0.1) is 0 Å². The predicted octanol–water partition coefficient (Wildman–Crippen LogP) is 1.71. The van der Waals surface area contributed by atoms with E-state index in [0.717, 1.165) is 26.1 Å². The summed E-state index contributed by atoms with van der Waals surface area (Å²) in [5, 5.41) is 0. The molecule has 0 spiro atoms. The Kier molecular flexibility index (Phi) is 5.64. The average molecular weight is 126 g/mol. The van der Waals surface area contributed by atoms with E-state index in [0.29, 0.717) is 0 Å². The maximum absolute atomic E-state index is 5.23. The summed E-state index contributed by atoms with van der Waals surface area (Å²) in [4.78, 5) is 2.35. The van der Waals surface area contributed by atoms with Gasteiger partial charge in [0.2, 0.25) is 0 Å². The zero-order chi connectivity index (χ0) is 7.11. The third-order valence-corrected chi connectivity index (χ3v) is 1.51. The summed E-state index contributed by atoms with van der Waals surface area (Å²) >= 11 is 0. The van der Waals surface area contributed by atoms with Crippen molar-refractivity contribution in [2.75, 3.05) is 19.6 Å². The van der Waals surface area contributed by atoms with E-state index >= 15 is 0 Å². The molecule has 0 amide bonds. The van der Waals surface area contributed by atoms with Gasteiger partial charge in [0.15, 0.2) is 0 Å². The molecule has 1 heteroatoms. The molecule has 0 aliphatic rings. The number of hydrogen-bond acceptors (Lipinski definition) is 1. The second-order valence-electron chi connectivity index (χ2n) is 2.05. The smallest absolute Gasteiger partial charge is 0.00158 e. The highest BCUT2D eigenvalue weighted by Crippen LogP contribution is 1.89. The largest absolute Gasteiger partial charge is 0.304 e. The van der Waals surface area contributed by atoms with Gasteiger partial charge in [-0.3, -0.25) is 0 Å². The standard InChI is InChI=1S/C8H16N/c1-4-7-8-9(5-2)6-3/h1,4H,5-8H2,2-3H3. The molecule has 0 unspecified atom stereocenters. The van der Waals surface area contributed by atoms with Crippen LogP contribution < -0.4 is 0 Å². The fraction of sp³-hybridized carbons (Fsp3) is 0.750. The summed E-state index contributed by atoms with van der Waals surface area (Å²) in [5.41, 5.74) is 0. The van der Waals surface area contributed by atoms with E-state index in [9.17, 15) is 0 Å². The average Bonchev–Trinajstić information content (AvgIpc) is 1.91. The lowest BCUT2D eigenvalue weighted by Gasteiger charge is -2.15. The molecule has 0 bridgehead atoms. The summed E-state index contributed by atoms with van der Waals surface area (Å²) in [5.74, 6) is 0. The molecule has 1 nitrogen and oxygen atoms in total. The quantitative estimate of drug-likeness (QED) is 0.542. The third kappa shape index (κ3) is 4.22. The summed E-state index contributed by atoms with van der Waals surface area (Å²) in [6, 6.07) is 0. The fourth-order valence-corrected chi connectivity index (χ4v) is 0.797. The molecular formula is C8H16N. The topological polar surface area (TPSA) is 3.24 Å². The van der Waals surface area contributed by atoms with Gasteiger partial charge in [-0.05, 0) is 19.5 Å². The first-order valence-corrected chi connectivity index (χ1v) is 3.60. The Morgan fingerprint density at radius 3 is 2.22 bits per heavy atom. The molecule has 0 heterocycles. The lowest BCUT2D eigenvalue weighted by atomic mass is 10.4. The highest BCUT2D eigenvalue weighted by atomic mass is 15.1. The van der Waals surface area contributed by atoms with Crippen LogP contribution in [0.4, 0.5) is 0 Å². The van der Waals surface area contributed by atoms with Crippen molar-refractivity contribution in [2.24, 2.45) is 0 Å². The lowest BCUT2D eigenvalue weighted by molar-refractivity contribution is 0.310. The second kappa shape index (κ2) is 5.83. The zero-order valence-corrected chi connectivity index (χ0v) is 6.43. The third-order valence-electron chi connectivity index (χ3n) is 1.51. The van der Waals surface area contributed by atoms with Crippen molar-refractivity contribution in [1.82, 2.24) is 4.90 Å². The van der Waals surface area contributed by atoms with Gasteiger partial charge in [-0.2, -0.15) is 0 Å². The molecule has 0 aliphatic carbocycles.